The van der Waals surface area contributed by atoms with Crippen LogP contribution in [0.5, 0.6) is 0 Å². The average molecular weight is 232 g/mol. The molecule has 0 heterocycles. The summed E-state index contributed by atoms with van der Waals surface area (Å²) in [6.07, 6.45) is 3.86. The summed E-state index contributed by atoms with van der Waals surface area (Å²) in [4.78, 5) is 2.52. The predicted molar refractivity (Wildman–Crippen MR) is 74.6 cm³/mol. The largest absolute Gasteiger partial charge is 0.369 e. The molecule has 1 fully saturated rings. The van der Waals surface area contributed by atoms with E-state index in [0.717, 1.165) is 19.0 Å². The van der Waals surface area contributed by atoms with Crippen LogP contribution in [0.2, 0.25) is 0 Å². The van der Waals surface area contributed by atoms with Gasteiger partial charge in [0.1, 0.15) is 0 Å². The predicted octanol–water partition coefficient (Wildman–Crippen LogP) is 3.35. The Morgan fingerprint density at radius 1 is 1.24 bits per heavy atom. The fourth-order valence-electron chi connectivity index (χ4n) is 2.54. The van der Waals surface area contributed by atoms with Crippen LogP contribution in [0.25, 0.3) is 0 Å². The molecule has 0 bridgehead atoms. The van der Waals surface area contributed by atoms with Crippen molar-refractivity contribution in [2.24, 2.45) is 0 Å². The van der Waals surface area contributed by atoms with Gasteiger partial charge in [-0.1, -0.05) is 19.1 Å². The van der Waals surface area contributed by atoms with E-state index in [4.69, 9.17) is 0 Å². The second-order valence-electron chi connectivity index (χ2n) is 4.86. The van der Waals surface area contributed by atoms with E-state index in [9.17, 15) is 0 Å². The van der Waals surface area contributed by atoms with Crippen LogP contribution >= 0.6 is 0 Å². The quantitative estimate of drug-likeness (QED) is 0.809. The highest BCUT2D eigenvalue weighted by Crippen LogP contribution is 2.32. The molecule has 2 rings (SSSR count). The lowest BCUT2D eigenvalue weighted by Gasteiger charge is -2.23. The lowest BCUT2D eigenvalue weighted by molar-refractivity contribution is 0.577. The maximum atomic E-state index is 3.35. The van der Waals surface area contributed by atoms with Gasteiger partial charge in [0.2, 0.25) is 0 Å². The van der Waals surface area contributed by atoms with E-state index in [1.54, 1.807) is 0 Å². The van der Waals surface area contributed by atoms with Crippen LogP contribution in [0, 0.1) is 0 Å². The van der Waals surface area contributed by atoms with E-state index < -0.39 is 0 Å². The summed E-state index contributed by atoms with van der Waals surface area (Å²) in [5.74, 6) is 0. The molecule has 17 heavy (non-hydrogen) atoms. The first-order valence-electron chi connectivity index (χ1n) is 6.84. The van der Waals surface area contributed by atoms with E-state index in [1.807, 2.05) is 7.05 Å². The van der Waals surface area contributed by atoms with Crippen molar-refractivity contribution in [2.45, 2.75) is 45.2 Å². The molecule has 1 N–H and O–H groups in total. The molecule has 94 valence electrons. The van der Waals surface area contributed by atoms with Crippen LogP contribution in [-0.2, 0) is 0 Å². The Hall–Kier alpha value is -1.02. The summed E-state index contributed by atoms with van der Waals surface area (Å²) in [6, 6.07) is 10.4. The molecule has 1 saturated carbocycles. The van der Waals surface area contributed by atoms with Gasteiger partial charge in [-0.3, -0.25) is 0 Å². The van der Waals surface area contributed by atoms with Crippen molar-refractivity contribution in [1.29, 1.82) is 0 Å². The zero-order chi connectivity index (χ0) is 12.3. The molecule has 0 spiro atoms. The monoisotopic (exact) mass is 232 g/mol. The molecule has 1 aromatic carbocycles. The highest BCUT2D eigenvalue weighted by Gasteiger charge is 2.27. The molecule has 0 aromatic heterocycles. The fraction of sp³-hybridized carbons (Fsp3) is 0.600. The Bertz CT molecular complexity index is 336. The number of rotatable bonds is 6. The molecule has 0 aliphatic heterocycles. The molecule has 1 aliphatic rings. The van der Waals surface area contributed by atoms with Crippen molar-refractivity contribution in [3.8, 4) is 0 Å². The van der Waals surface area contributed by atoms with Gasteiger partial charge in [-0.15, -0.1) is 0 Å². The first kappa shape index (κ1) is 12.4. The van der Waals surface area contributed by atoms with Crippen LogP contribution in [-0.4, -0.2) is 19.6 Å². The van der Waals surface area contributed by atoms with Crippen molar-refractivity contribution < 1.29 is 0 Å². The van der Waals surface area contributed by atoms with Crippen LogP contribution in [0.4, 0.5) is 5.69 Å². The summed E-state index contributed by atoms with van der Waals surface area (Å²) in [5, 5.41) is 3.35. The van der Waals surface area contributed by atoms with Gasteiger partial charge in [0.15, 0.2) is 0 Å². The number of nitrogens with one attached hydrogen (secondary N) is 1. The van der Waals surface area contributed by atoms with Crippen molar-refractivity contribution in [3.63, 3.8) is 0 Å². The third-order valence-corrected chi connectivity index (χ3v) is 3.71. The van der Waals surface area contributed by atoms with Gasteiger partial charge in [-0.25, -0.2) is 0 Å². The van der Waals surface area contributed by atoms with E-state index in [1.165, 1.54) is 24.1 Å². The highest BCUT2D eigenvalue weighted by molar-refractivity contribution is 5.50. The minimum absolute atomic E-state index is 0.486. The summed E-state index contributed by atoms with van der Waals surface area (Å²) in [5.41, 5.74) is 2.77. The van der Waals surface area contributed by atoms with Crippen LogP contribution < -0.4 is 10.2 Å². The topological polar surface area (TPSA) is 15.3 Å². The number of hydrogen-bond acceptors (Lipinski definition) is 2. The van der Waals surface area contributed by atoms with Gasteiger partial charge >= 0.3 is 0 Å². The second kappa shape index (κ2) is 5.54. The molecule has 0 saturated heterocycles. The zero-order valence-corrected chi connectivity index (χ0v) is 11.2. The van der Waals surface area contributed by atoms with Crippen molar-refractivity contribution >= 4 is 5.69 Å². The minimum Gasteiger partial charge on any atom is -0.369 e. The maximum Gasteiger partial charge on any atom is 0.0368 e. The summed E-state index contributed by atoms with van der Waals surface area (Å²) >= 11 is 0. The molecule has 1 aromatic rings. The smallest absolute Gasteiger partial charge is 0.0368 e. The summed E-state index contributed by atoms with van der Waals surface area (Å²) in [7, 11) is 2.03. The van der Waals surface area contributed by atoms with Crippen molar-refractivity contribution in [1.82, 2.24) is 5.32 Å². The normalized spacial score (nSPS) is 16.9. The third kappa shape index (κ3) is 2.81. The molecular formula is C15H24N2. The van der Waals surface area contributed by atoms with Crippen LogP contribution in [0.1, 0.15) is 44.7 Å². The van der Waals surface area contributed by atoms with Crippen molar-refractivity contribution in [2.75, 3.05) is 18.5 Å². The standard InChI is InChI=1S/C15H24N2/c1-4-15(16-3)12-6-8-13(9-7-12)17(5-2)14-10-11-14/h6-9,14-16H,4-5,10-11H2,1-3H3. The summed E-state index contributed by atoms with van der Waals surface area (Å²) < 4.78 is 0. The van der Waals surface area contributed by atoms with Gasteiger partial charge in [-0.05, 0) is 50.9 Å². The number of anilines is 1. The summed E-state index contributed by atoms with van der Waals surface area (Å²) in [6.45, 7) is 5.58. The maximum absolute atomic E-state index is 3.35. The Balaban J connectivity index is 2.11. The first-order chi connectivity index (χ1) is 8.30. The highest BCUT2D eigenvalue weighted by atomic mass is 15.2. The molecule has 0 amide bonds. The van der Waals surface area contributed by atoms with Crippen molar-refractivity contribution in [3.05, 3.63) is 29.8 Å². The van der Waals surface area contributed by atoms with Gasteiger partial charge < -0.3 is 10.2 Å². The van der Waals surface area contributed by atoms with Gasteiger partial charge in [0.25, 0.3) is 0 Å². The minimum atomic E-state index is 0.486. The van der Waals surface area contributed by atoms with Crippen LogP contribution in [0.3, 0.4) is 0 Å². The van der Waals surface area contributed by atoms with E-state index in [2.05, 4.69) is 48.3 Å². The number of benzene rings is 1. The average Bonchev–Trinajstić information content (AvgIpc) is 3.18. The number of hydrogen-bond donors (Lipinski definition) is 1. The Kier molecular flexibility index (Phi) is 4.06. The third-order valence-electron chi connectivity index (χ3n) is 3.71. The van der Waals surface area contributed by atoms with Gasteiger partial charge in [0.05, 0.1) is 0 Å². The van der Waals surface area contributed by atoms with E-state index in [0.29, 0.717) is 6.04 Å². The van der Waals surface area contributed by atoms with Crippen LogP contribution in [0.15, 0.2) is 24.3 Å². The molecule has 2 nitrogen and oxygen atoms in total. The lowest BCUT2D eigenvalue weighted by atomic mass is 10.0. The Labute approximate surface area is 105 Å². The SMILES string of the molecule is CCC(NC)c1ccc(N(CC)C2CC2)cc1. The molecule has 0 radical (unpaired) electrons. The molecule has 1 aliphatic carbocycles. The second-order valence-corrected chi connectivity index (χ2v) is 4.86. The molecular weight excluding hydrogens is 208 g/mol. The van der Waals surface area contributed by atoms with Gasteiger partial charge in [-0.2, -0.15) is 0 Å². The Morgan fingerprint density at radius 3 is 2.29 bits per heavy atom. The fourth-order valence-corrected chi connectivity index (χ4v) is 2.54. The lowest BCUT2D eigenvalue weighted by Crippen LogP contribution is -2.25. The molecule has 1 atom stereocenters. The van der Waals surface area contributed by atoms with E-state index in [-0.39, 0.29) is 0 Å². The molecule has 1 unspecified atom stereocenters. The molecule has 2 heteroatoms. The Morgan fingerprint density at radius 2 is 1.88 bits per heavy atom. The van der Waals surface area contributed by atoms with E-state index >= 15 is 0 Å². The zero-order valence-electron chi connectivity index (χ0n) is 11.2. The van der Waals surface area contributed by atoms with Gasteiger partial charge in [0, 0.05) is 24.3 Å². The first-order valence-corrected chi connectivity index (χ1v) is 6.84. The number of nitrogens with zero attached hydrogens (tertiary/aromatic N) is 1.